The molecule has 0 aliphatic heterocycles. The fraction of sp³-hybridized carbons (Fsp3) is 0.500. The number of benzene rings is 1. The van der Waals surface area contributed by atoms with Gasteiger partial charge in [-0.1, -0.05) is 19.4 Å². The summed E-state index contributed by atoms with van der Waals surface area (Å²) in [7, 11) is -3.47. The number of halogens is 2. The molecule has 0 heterocycles. The first kappa shape index (κ1) is 16.9. The first-order valence-corrected chi connectivity index (χ1v) is 9.21. The van der Waals surface area contributed by atoms with Gasteiger partial charge in [0.15, 0.2) is 0 Å². The predicted octanol–water partition coefficient (Wildman–Crippen LogP) is 3.30. The Morgan fingerprint density at radius 3 is 2.37 bits per heavy atom. The van der Waals surface area contributed by atoms with Crippen molar-refractivity contribution in [1.82, 2.24) is 0 Å². The van der Waals surface area contributed by atoms with Crippen molar-refractivity contribution in [3.8, 4) is 5.75 Å². The van der Waals surface area contributed by atoms with Crippen LogP contribution in [0.5, 0.6) is 5.75 Å². The lowest BCUT2D eigenvalue weighted by atomic mass is 10.1. The summed E-state index contributed by atoms with van der Waals surface area (Å²) >= 11 is 6.80. The van der Waals surface area contributed by atoms with Crippen LogP contribution < -0.4 is 9.88 Å². The van der Waals surface area contributed by atoms with Gasteiger partial charge in [0.25, 0.3) is 0 Å². The molecule has 1 aromatic rings. The van der Waals surface area contributed by atoms with Gasteiger partial charge in [-0.05, 0) is 50.4 Å². The Balaban J connectivity index is 2.71. The summed E-state index contributed by atoms with van der Waals surface area (Å²) < 4.78 is 29.7. The van der Waals surface area contributed by atoms with E-state index in [0.29, 0.717) is 12.4 Å². The van der Waals surface area contributed by atoms with Crippen molar-refractivity contribution in [2.75, 3.05) is 12.4 Å². The minimum absolute atomic E-state index is 0.0527. The molecule has 108 valence electrons. The third kappa shape index (κ3) is 6.25. The monoisotopic (exact) mass is 413 g/mol. The van der Waals surface area contributed by atoms with Crippen LogP contribution >= 0.6 is 31.9 Å². The van der Waals surface area contributed by atoms with Gasteiger partial charge in [-0.25, -0.2) is 13.6 Å². The summed E-state index contributed by atoms with van der Waals surface area (Å²) in [6.07, 6.45) is 1.65. The molecule has 1 atom stereocenters. The van der Waals surface area contributed by atoms with Crippen LogP contribution in [0.15, 0.2) is 27.1 Å². The number of nitrogens with two attached hydrogens (primary N) is 1. The number of hydrogen-bond donors (Lipinski definition) is 1. The second-order valence-electron chi connectivity index (χ2n) is 4.35. The zero-order chi connectivity index (χ0) is 14.5. The summed E-state index contributed by atoms with van der Waals surface area (Å²) in [6, 6.07) is 5.62. The van der Waals surface area contributed by atoms with E-state index in [1.165, 1.54) is 0 Å². The van der Waals surface area contributed by atoms with Crippen molar-refractivity contribution in [2.24, 2.45) is 11.1 Å². The predicted molar refractivity (Wildman–Crippen MR) is 83.7 cm³/mol. The van der Waals surface area contributed by atoms with Crippen LogP contribution in [-0.4, -0.2) is 20.8 Å². The van der Waals surface area contributed by atoms with Crippen molar-refractivity contribution in [3.63, 3.8) is 0 Å². The Bertz CT molecular complexity index is 499. The fourth-order valence-corrected chi connectivity index (χ4v) is 3.92. The summed E-state index contributed by atoms with van der Waals surface area (Å²) in [4.78, 5) is 0. The van der Waals surface area contributed by atoms with E-state index in [9.17, 15) is 8.42 Å². The number of hydrogen-bond acceptors (Lipinski definition) is 3. The largest absolute Gasteiger partial charge is 0.491 e. The minimum atomic E-state index is -3.47. The van der Waals surface area contributed by atoms with Gasteiger partial charge >= 0.3 is 0 Å². The third-order valence-electron chi connectivity index (χ3n) is 2.55. The van der Waals surface area contributed by atoms with Crippen LogP contribution in [0.25, 0.3) is 0 Å². The summed E-state index contributed by atoms with van der Waals surface area (Å²) in [5.74, 6) is 0.528. The Labute approximate surface area is 131 Å². The fourth-order valence-electron chi connectivity index (χ4n) is 1.77. The molecule has 0 fully saturated rings. The highest BCUT2D eigenvalue weighted by atomic mass is 79.9. The third-order valence-corrected chi connectivity index (χ3v) is 4.73. The highest BCUT2D eigenvalue weighted by molar-refractivity contribution is 9.11. The van der Waals surface area contributed by atoms with Gasteiger partial charge in [0.2, 0.25) is 10.0 Å². The number of para-hydroxylation sites is 1. The lowest BCUT2D eigenvalue weighted by Crippen LogP contribution is -2.27. The van der Waals surface area contributed by atoms with Gasteiger partial charge in [0.05, 0.1) is 21.3 Å². The molecule has 0 radical (unpaired) electrons. The van der Waals surface area contributed by atoms with Crippen molar-refractivity contribution in [2.45, 2.75) is 19.8 Å². The molecule has 1 unspecified atom stereocenters. The maximum Gasteiger partial charge on any atom is 0.209 e. The molecule has 0 aliphatic carbocycles. The molecule has 1 aromatic carbocycles. The Morgan fingerprint density at radius 2 is 1.89 bits per heavy atom. The van der Waals surface area contributed by atoms with Gasteiger partial charge in [-0.15, -0.1) is 0 Å². The van der Waals surface area contributed by atoms with E-state index in [1.807, 2.05) is 25.1 Å². The summed E-state index contributed by atoms with van der Waals surface area (Å²) in [5, 5.41) is 5.09. The standard InChI is InChI=1S/C12H17Br2NO3S/c1-2-4-9(8-19(15,16)17)7-18-12-10(13)5-3-6-11(12)14/h3,5-6,9H,2,4,7-8H2,1H3,(H2,15,16,17). The van der Waals surface area contributed by atoms with E-state index in [1.54, 1.807) is 0 Å². The molecule has 0 aromatic heterocycles. The molecule has 2 N–H and O–H groups in total. The molecule has 1 rings (SSSR count). The van der Waals surface area contributed by atoms with Crippen molar-refractivity contribution < 1.29 is 13.2 Å². The Morgan fingerprint density at radius 1 is 1.32 bits per heavy atom. The Hall–Kier alpha value is -0.110. The second kappa shape index (κ2) is 7.61. The molecule has 0 aliphatic rings. The molecule has 0 bridgehead atoms. The molecule has 0 saturated carbocycles. The highest BCUT2D eigenvalue weighted by Gasteiger charge is 2.17. The molecular weight excluding hydrogens is 398 g/mol. The van der Waals surface area contributed by atoms with Crippen LogP contribution in [0.1, 0.15) is 19.8 Å². The normalized spacial score (nSPS) is 13.3. The van der Waals surface area contributed by atoms with Crippen LogP contribution in [0.3, 0.4) is 0 Å². The van der Waals surface area contributed by atoms with Crippen LogP contribution in [0.4, 0.5) is 0 Å². The van der Waals surface area contributed by atoms with E-state index in [-0.39, 0.29) is 11.7 Å². The number of ether oxygens (including phenoxy) is 1. The van der Waals surface area contributed by atoms with Crippen molar-refractivity contribution in [3.05, 3.63) is 27.1 Å². The first-order chi connectivity index (χ1) is 8.83. The van der Waals surface area contributed by atoms with Gasteiger partial charge in [0.1, 0.15) is 5.75 Å². The van der Waals surface area contributed by atoms with Crippen LogP contribution in [0, 0.1) is 5.92 Å². The minimum Gasteiger partial charge on any atom is -0.491 e. The van der Waals surface area contributed by atoms with E-state index in [4.69, 9.17) is 9.88 Å². The molecule has 19 heavy (non-hydrogen) atoms. The van der Waals surface area contributed by atoms with Crippen LogP contribution in [0.2, 0.25) is 0 Å². The zero-order valence-corrected chi connectivity index (χ0v) is 14.6. The van der Waals surface area contributed by atoms with E-state index in [0.717, 1.165) is 21.8 Å². The average molecular weight is 415 g/mol. The van der Waals surface area contributed by atoms with Gasteiger partial charge in [-0.2, -0.15) is 0 Å². The molecule has 0 spiro atoms. The van der Waals surface area contributed by atoms with Crippen molar-refractivity contribution in [1.29, 1.82) is 0 Å². The van der Waals surface area contributed by atoms with Crippen LogP contribution in [-0.2, 0) is 10.0 Å². The van der Waals surface area contributed by atoms with Gasteiger partial charge < -0.3 is 4.74 Å². The van der Waals surface area contributed by atoms with E-state index in [2.05, 4.69) is 31.9 Å². The molecule has 0 saturated heterocycles. The van der Waals surface area contributed by atoms with Gasteiger partial charge in [0, 0.05) is 5.92 Å². The SMILES string of the molecule is CCCC(COc1c(Br)cccc1Br)CS(N)(=O)=O. The smallest absolute Gasteiger partial charge is 0.209 e. The lowest BCUT2D eigenvalue weighted by molar-refractivity contribution is 0.250. The lowest BCUT2D eigenvalue weighted by Gasteiger charge is -2.17. The maximum atomic E-state index is 11.2. The zero-order valence-electron chi connectivity index (χ0n) is 10.6. The average Bonchev–Trinajstić information content (AvgIpc) is 2.26. The quantitative estimate of drug-likeness (QED) is 0.743. The molecule has 0 amide bonds. The molecule has 7 heteroatoms. The summed E-state index contributed by atoms with van der Waals surface area (Å²) in [6.45, 7) is 2.33. The Kier molecular flexibility index (Phi) is 6.79. The number of sulfonamides is 1. The number of rotatable bonds is 7. The summed E-state index contributed by atoms with van der Waals surface area (Å²) in [5.41, 5.74) is 0. The maximum absolute atomic E-state index is 11.2. The van der Waals surface area contributed by atoms with E-state index >= 15 is 0 Å². The highest BCUT2D eigenvalue weighted by Crippen LogP contribution is 2.33. The van der Waals surface area contributed by atoms with Crippen molar-refractivity contribution >= 4 is 41.9 Å². The number of primary sulfonamides is 1. The van der Waals surface area contributed by atoms with E-state index < -0.39 is 10.0 Å². The topological polar surface area (TPSA) is 69.4 Å². The first-order valence-electron chi connectivity index (χ1n) is 5.90. The molecule has 4 nitrogen and oxygen atoms in total. The molecular formula is C12H17Br2NO3S. The van der Waals surface area contributed by atoms with Gasteiger partial charge in [-0.3, -0.25) is 0 Å². The second-order valence-corrected chi connectivity index (χ2v) is 7.71.